The van der Waals surface area contributed by atoms with E-state index in [4.69, 9.17) is 11.6 Å². The molecule has 2 heterocycles. The van der Waals surface area contributed by atoms with Gasteiger partial charge in [-0.15, -0.1) is 0 Å². The van der Waals surface area contributed by atoms with E-state index in [1.165, 1.54) is 27.6 Å². The second-order valence-electron chi connectivity index (χ2n) is 7.89. The quantitative estimate of drug-likeness (QED) is 0.761. The highest BCUT2D eigenvalue weighted by molar-refractivity contribution is 7.89. The van der Waals surface area contributed by atoms with Gasteiger partial charge in [0.2, 0.25) is 15.9 Å². The zero-order valence-corrected chi connectivity index (χ0v) is 18.4. The second kappa shape index (κ2) is 9.06. The van der Waals surface area contributed by atoms with Crippen molar-refractivity contribution in [1.29, 1.82) is 0 Å². The Kier molecular flexibility index (Phi) is 6.43. The molecule has 2 aromatic rings. The van der Waals surface area contributed by atoms with E-state index in [9.17, 15) is 13.2 Å². The maximum absolute atomic E-state index is 13.0. The number of piperidine rings is 1. The Hall–Kier alpha value is -1.93. The number of halogens is 1. The molecule has 2 aliphatic rings. The maximum atomic E-state index is 13.0. The molecule has 30 heavy (non-hydrogen) atoms. The standard InChI is InChI=1S/C22H26ClN3O3S/c23-20-9-8-19(14-21(20)30(28,29)26-11-4-1-5-12-26)24-22(27)16-25-13-10-17-6-2-3-7-18(17)15-25/h2-3,6-9,14H,1,4-5,10-13,15-16H2,(H,24,27). The lowest BCUT2D eigenvalue weighted by molar-refractivity contribution is -0.117. The van der Waals surface area contributed by atoms with Crippen LogP contribution in [0.15, 0.2) is 47.4 Å². The van der Waals surface area contributed by atoms with Crippen molar-refractivity contribution in [2.24, 2.45) is 0 Å². The summed E-state index contributed by atoms with van der Waals surface area (Å²) in [5.74, 6) is -0.168. The summed E-state index contributed by atoms with van der Waals surface area (Å²) in [6.45, 7) is 2.82. The molecule has 160 valence electrons. The summed E-state index contributed by atoms with van der Waals surface area (Å²) in [4.78, 5) is 14.7. The Balaban J connectivity index is 1.44. The van der Waals surface area contributed by atoms with E-state index in [2.05, 4.69) is 22.3 Å². The average Bonchev–Trinajstić information content (AvgIpc) is 2.75. The first-order valence-electron chi connectivity index (χ1n) is 10.3. The molecule has 8 heteroatoms. The lowest BCUT2D eigenvalue weighted by Crippen LogP contribution is -2.37. The van der Waals surface area contributed by atoms with Crippen LogP contribution in [-0.4, -0.2) is 49.7 Å². The van der Waals surface area contributed by atoms with Gasteiger partial charge in [-0.3, -0.25) is 9.69 Å². The van der Waals surface area contributed by atoms with Gasteiger partial charge in [0.05, 0.1) is 11.6 Å². The molecule has 0 atom stereocenters. The Morgan fingerprint density at radius 1 is 1.00 bits per heavy atom. The van der Waals surface area contributed by atoms with Gasteiger partial charge in [-0.1, -0.05) is 42.3 Å². The molecular formula is C22H26ClN3O3S. The number of hydrogen-bond acceptors (Lipinski definition) is 4. The number of amides is 1. The minimum Gasteiger partial charge on any atom is -0.325 e. The van der Waals surface area contributed by atoms with Crippen LogP contribution in [0.25, 0.3) is 0 Å². The molecule has 2 aromatic carbocycles. The molecule has 0 bridgehead atoms. The van der Waals surface area contributed by atoms with Crippen molar-refractivity contribution >= 4 is 33.2 Å². The molecule has 0 radical (unpaired) electrons. The van der Waals surface area contributed by atoms with E-state index in [1.54, 1.807) is 6.07 Å². The first-order chi connectivity index (χ1) is 14.4. The lowest BCUT2D eigenvalue weighted by Gasteiger charge is -2.28. The normalized spacial score (nSPS) is 18.0. The van der Waals surface area contributed by atoms with E-state index < -0.39 is 10.0 Å². The van der Waals surface area contributed by atoms with E-state index in [0.717, 1.165) is 38.8 Å². The summed E-state index contributed by atoms with van der Waals surface area (Å²) in [5.41, 5.74) is 3.02. The molecular weight excluding hydrogens is 422 g/mol. The van der Waals surface area contributed by atoms with Gasteiger partial charge in [-0.25, -0.2) is 8.42 Å². The number of nitrogens with one attached hydrogen (secondary N) is 1. The Morgan fingerprint density at radius 3 is 2.50 bits per heavy atom. The van der Waals surface area contributed by atoms with Gasteiger partial charge < -0.3 is 5.32 Å². The van der Waals surface area contributed by atoms with E-state index >= 15 is 0 Å². The SMILES string of the molecule is O=C(CN1CCc2ccccc2C1)Nc1ccc(Cl)c(S(=O)(=O)N2CCCCC2)c1. The monoisotopic (exact) mass is 447 g/mol. The Labute approximate surface area is 182 Å². The third-order valence-corrected chi connectivity index (χ3v) is 8.10. The van der Waals surface area contributed by atoms with Crippen LogP contribution in [0, 0.1) is 0 Å². The zero-order valence-electron chi connectivity index (χ0n) is 16.8. The zero-order chi connectivity index (χ0) is 21.1. The average molecular weight is 448 g/mol. The number of nitrogens with zero attached hydrogens (tertiary/aromatic N) is 2. The third-order valence-electron chi connectivity index (χ3n) is 5.72. The molecule has 1 amide bonds. The summed E-state index contributed by atoms with van der Waals surface area (Å²) >= 11 is 6.21. The molecule has 0 saturated carbocycles. The van der Waals surface area contributed by atoms with Crippen LogP contribution in [0.4, 0.5) is 5.69 Å². The summed E-state index contributed by atoms with van der Waals surface area (Å²) in [7, 11) is -3.67. The number of fused-ring (bicyclic) bond motifs is 1. The van der Waals surface area contributed by atoms with Crippen LogP contribution >= 0.6 is 11.6 Å². The van der Waals surface area contributed by atoms with E-state index in [-0.39, 0.29) is 22.4 Å². The molecule has 0 unspecified atom stereocenters. The fourth-order valence-electron chi connectivity index (χ4n) is 4.12. The number of sulfonamides is 1. The highest BCUT2D eigenvalue weighted by Crippen LogP contribution is 2.29. The fourth-order valence-corrected chi connectivity index (χ4v) is 6.13. The van der Waals surface area contributed by atoms with Crippen LogP contribution in [0.2, 0.25) is 5.02 Å². The van der Waals surface area contributed by atoms with Crippen molar-refractivity contribution in [3.8, 4) is 0 Å². The summed E-state index contributed by atoms with van der Waals surface area (Å²) in [5, 5.41) is 3.01. The van der Waals surface area contributed by atoms with Crippen LogP contribution in [0.3, 0.4) is 0 Å². The third kappa shape index (κ3) is 4.70. The number of rotatable bonds is 5. The van der Waals surface area contributed by atoms with Crippen LogP contribution in [-0.2, 0) is 27.8 Å². The molecule has 4 rings (SSSR count). The minimum atomic E-state index is -3.67. The van der Waals surface area contributed by atoms with Gasteiger partial charge in [0.25, 0.3) is 0 Å². The lowest BCUT2D eigenvalue weighted by atomic mass is 10.00. The van der Waals surface area contributed by atoms with Gasteiger partial charge in [-0.05, 0) is 48.6 Å². The number of benzene rings is 2. The van der Waals surface area contributed by atoms with Crippen LogP contribution in [0.5, 0.6) is 0 Å². The smallest absolute Gasteiger partial charge is 0.244 e. The molecule has 0 aliphatic carbocycles. The maximum Gasteiger partial charge on any atom is 0.244 e. The first kappa shape index (κ1) is 21.3. The number of anilines is 1. The predicted molar refractivity (Wildman–Crippen MR) is 118 cm³/mol. The largest absolute Gasteiger partial charge is 0.325 e. The topological polar surface area (TPSA) is 69.7 Å². The van der Waals surface area contributed by atoms with Crippen molar-refractivity contribution < 1.29 is 13.2 Å². The highest BCUT2D eigenvalue weighted by atomic mass is 35.5. The minimum absolute atomic E-state index is 0.0516. The molecule has 6 nitrogen and oxygen atoms in total. The molecule has 1 N–H and O–H groups in total. The van der Waals surface area contributed by atoms with Gasteiger partial charge >= 0.3 is 0 Å². The van der Waals surface area contributed by atoms with Gasteiger partial charge in [0.1, 0.15) is 4.90 Å². The van der Waals surface area contributed by atoms with Crippen molar-refractivity contribution in [2.45, 2.75) is 37.1 Å². The van der Waals surface area contributed by atoms with Crippen molar-refractivity contribution in [1.82, 2.24) is 9.21 Å². The second-order valence-corrected chi connectivity index (χ2v) is 10.2. The van der Waals surface area contributed by atoms with Gasteiger partial charge in [-0.2, -0.15) is 4.31 Å². The van der Waals surface area contributed by atoms with Gasteiger partial charge in [0.15, 0.2) is 0 Å². The van der Waals surface area contributed by atoms with Crippen molar-refractivity contribution in [3.05, 3.63) is 58.6 Å². The Bertz CT molecular complexity index is 1040. The molecule has 0 aromatic heterocycles. The number of hydrogen-bond donors (Lipinski definition) is 1. The number of carbonyl (C=O) groups is 1. The number of carbonyl (C=O) groups excluding carboxylic acids is 1. The van der Waals surface area contributed by atoms with Gasteiger partial charge in [0, 0.05) is 31.9 Å². The Morgan fingerprint density at radius 2 is 1.73 bits per heavy atom. The van der Waals surface area contributed by atoms with Crippen LogP contribution < -0.4 is 5.32 Å². The van der Waals surface area contributed by atoms with Crippen molar-refractivity contribution in [2.75, 3.05) is 31.5 Å². The van der Waals surface area contributed by atoms with Crippen molar-refractivity contribution in [3.63, 3.8) is 0 Å². The first-order valence-corrected chi connectivity index (χ1v) is 12.1. The van der Waals surface area contributed by atoms with E-state index in [0.29, 0.717) is 18.8 Å². The predicted octanol–water partition coefficient (Wildman–Crippen LogP) is 3.51. The molecule has 1 fully saturated rings. The molecule has 1 saturated heterocycles. The fraction of sp³-hybridized carbons (Fsp3) is 0.409. The highest BCUT2D eigenvalue weighted by Gasteiger charge is 2.28. The molecule has 0 spiro atoms. The summed E-state index contributed by atoms with van der Waals surface area (Å²) in [6, 6.07) is 12.9. The van der Waals surface area contributed by atoms with Crippen LogP contribution in [0.1, 0.15) is 30.4 Å². The van der Waals surface area contributed by atoms with E-state index in [1.807, 2.05) is 12.1 Å². The molecule has 2 aliphatic heterocycles. The summed E-state index contributed by atoms with van der Waals surface area (Å²) < 4.78 is 27.5. The summed E-state index contributed by atoms with van der Waals surface area (Å²) in [6.07, 6.45) is 3.66.